The number of benzene rings is 2. The van der Waals surface area contributed by atoms with Gasteiger partial charge in [0.15, 0.2) is 0 Å². The number of hydrogen-bond donors (Lipinski definition) is 2. The number of anilines is 2. The van der Waals surface area contributed by atoms with Crippen molar-refractivity contribution in [3.8, 4) is 0 Å². The van der Waals surface area contributed by atoms with E-state index in [9.17, 15) is 22.0 Å². The van der Waals surface area contributed by atoms with E-state index in [0.29, 0.717) is 18.2 Å². The molecule has 2 N–H and O–H groups in total. The molecule has 31 heavy (non-hydrogen) atoms. The van der Waals surface area contributed by atoms with Crippen LogP contribution in [0.25, 0.3) is 0 Å². The molecule has 2 aromatic carbocycles. The van der Waals surface area contributed by atoms with E-state index in [1.54, 1.807) is 11.6 Å². The van der Waals surface area contributed by atoms with E-state index >= 15 is 0 Å². The fourth-order valence-electron chi connectivity index (χ4n) is 2.96. The second-order valence-corrected chi connectivity index (χ2v) is 9.03. The number of carbonyl (C=O) groups excluding carboxylic acids is 1. The van der Waals surface area contributed by atoms with Crippen molar-refractivity contribution in [1.82, 2.24) is 9.78 Å². The Kier molecular flexibility index (Phi) is 6.33. The molecule has 7 nitrogen and oxygen atoms in total. The predicted molar refractivity (Wildman–Crippen MR) is 114 cm³/mol. The zero-order chi connectivity index (χ0) is 22.9. The van der Waals surface area contributed by atoms with Gasteiger partial charge in [-0.3, -0.25) is 14.2 Å². The molecule has 1 heterocycles. The van der Waals surface area contributed by atoms with Crippen molar-refractivity contribution in [2.24, 2.45) is 0 Å². The van der Waals surface area contributed by atoms with Gasteiger partial charge in [0.1, 0.15) is 17.7 Å². The predicted octanol–water partition coefficient (Wildman–Crippen LogP) is 4.43. The summed E-state index contributed by atoms with van der Waals surface area (Å²) in [6.07, 6.45) is 0. The van der Waals surface area contributed by atoms with Crippen molar-refractivity contribution in [2.45, 2.75) is 31.7 Å². The summed E-state index contributed by atoms with van der Waals surface area (Å²) in [5, 5.41) is 7.03. The molecule has 0 saturated heterocycles. The number of hydrogen-bond acceptors (Lipinski definition) is 4. The molecule has 0 aliphatic carbocycles. The topological polar surface area (TPSA) is 93.1 Å². The van der Waals surface area contributed by atoms with Crippen LogP contribution >= 0.6 is 11.6 Å². The molecule has 0 aliphatic rings. The molecule has 0 aliphatic heterocycles. The van der Waals surface area contributed by atoms with Gasteiger partial charge in [0.2, 0.25) is 5.91 Å². The molecule has 1 amide bonds. The molecule has 3 rings (SSSR count). The number of nitrogens with zero attached hydrogens (tertiary/aromatic N) is 2. The number of aromatic nitrogens is 2. The highest BCUT2D eigenvalue weighted by atomic mass is 35.5. The van der Waals surface area contributed by atoms with E-state index in [1.165, 1.54) is 18.2 Å². The summed E-state index contributed by atoms with van der Waals surface area (Å²) in [7, 11) is -4.25. The fourth-order valence-corrected chi connectivity index (χ4v) is 4.28. The number of nitrogens with one attached hydrogen (secondary N) is 2. The van der Waals surface area contributed by atoms with Crippen LogP contribution in [-0.4, -0.2) is 24.1 Å². The summed E-state index contributed by atoms with van der Waals surface area (Å²) in [6.45, 7) is 5.34. The molecular formula is C20H19ClF2N4O3S. The van der Waals surface area contributed by atoms with Crippen LogP contribution in [0, 0.1) is 25.5 Å². The molecule has 3 aromatic rings. The summed E-state index contributed by atoms with van der Waals surface area (Å²) in [6, 6.07) is 7.26. The second-order valence-electron chi connectivity index (χ2n) is 6.94. The average molecular weight is 469 g/mol. The van der Waals surface area contributed by atoms with E-state index in [4.69, 9.17) is 11.6 Å². The van der Waals surface area contributed by atoms with E-state index in [0.717, 1.165) is 11.4 Å². The largest absolute Gasteiger partial charge is 0.323 e. The minimum atomic E-state index is -4.25. The van der Waals surface area contributed by atoms with Gasteiger partial charge in [-0.05, 0) is 57.2 Å². The highest BCUT2D eigenvalue weighted by Crippen LogP contribution is 2.28. The summed E-state index contributed by atoms with van der Waals surface area (Å²) < 4.78 is 55.3. The van der Waals surface area contributed by atoms with Crippen molar-refractivity contribution in [3.05, 3.63) is 70.5 Å². The Bertz CT molecular complexity index is 1240. The third-order valence-corrected chi connectivity index (χ3v) is 6.09. The minimum Gasteiger partial charge on any atom is -0.323 e. The third kappa shape index (κ3) is 5.20. The van der Waals surface area contributed by atoms with Crippen LogP contribution in [0.4, 0.5) is 20.2 Å². The van der Waals surface area contributed by atoms with Crippen LogP contribution in [0.2, 0.25) is 5.02 Å². The van der Waals surface area contributed by atoms with Crippen LogP contribution in [0.1, 0.15) is 24.4 Å². The number of halogens is 3. The van der Waals surface area contributed by atoms with Gasteiger partial charge < -0.3 is 5.32 Å². The maximum Gasteiger partial charge on any atom is 0.262 e. The fraction of sp³-hybridized carbons (Fsp3) is 0.200. The van der Waals surface area contributed by atoms with Crippen LogP contribution in [0.3, 0.4) is 0 Å². The third-order valence-electron chi connectivity index (χ3n) is 4.42. The number of carbonyl (C=O) groups is 1. The van der Waals surface area contributed by atoms with E-state index in [2.05, 4.69) is 15.1 Å². The number of sulfonamides is 1. The summed E-state index contributed by atoms with van der Waals surface area (Å²) in [4.78, 5) is 12.0. The molecule has 1 atom stereocenters. The lowest BCUT2D eigenvalue weighted by Gasteiger charge is -2.16. The minimum absolute atomic E-state index is 0.0549. The Labute approximate surface area is 183 Å². The van der Waals surface area contributed by atoms with Crippen molar-refractivity contribution in [1.29, 1.82) is 0 Å². The zero-order valence-electron chi connectivity index (χ0n) is 16.8. The number of amides is 1. The smallest absolute Gasteiger partial charge is 0.262 e. The van der Waals surface area contributed by atoms with Crippen molar-refractivity contribution in [2.75, 3.05) is 10.0 Å². The Morgan fingerprint density at radius 2 is 1.74 bits per heavy atom. The number of rotatable bonds is 6. The molecule has 0 spiro atoms. The van der Waals surface area contributed by atoms with Crippen LogP contribution < -0.4 is 10.0 Å². The van der Waals surface area contributed by atoms with Crippen LogP contribution in [-0.2, 0) is 14.8 Å². The van der Waals surface area contributed by atoms with Gasteiger partial charge in [0, 0.05) is 11.8 Å². The summed E-state index contributed by atoms with van der Waals surface area (Å²) >= 11 is 6.19. The quantitative estimate of drug-likeness (QED) is 0.559. The first-order valence-corrected chi connectivity index (χ1v) is 10.9. The molecule has 1 aromatic heterocycles. The lowest BCUT2D eigenvalue weighted by molar-refractivity contribution is -0.119. The zero-order valence-corrected chi connectivity index (χ0v) is 18.4. The monoisotopic (exact) mass is 468 g/mol. The summed E-state index contributed by atoms with van der Waals surface area (Å²) in [5.41, 5.74) is 1.92. The van der Waals surface area contributed by atoms with Gasteiger partial charge >= 0.3 is 0 Å². The molecule has 164 valence electrons. The lowest BCUT2D eigenvalue weighted by Crippen LogP contribution is -2.25. The Hall–Kier alpha value is -2.98. The highest BCUT2D eigenvalue weighted by Gasteiger charge is 2.20. The molecular weight excluding hydrogens is 450 g/mol. The molecule has 0 bridgehead atoms. The first kappa shape index (κ1) is 22.7. The van der Waals surface area contributed by atoms with Crippen LogP contribution in [0.5, 0.6) is 0 Å². The van der Waals surface area contributed by atoms with Gasteiger partial charge in [-0.2, -0.15) is 5.10 Å². The Morgan fingerprint density at radius 1 is 1.10 bits per heavy atom. The second kappa shape index (κ2) is 8.64. The maximum absolute atomic E-state index is 13.4. The Morgan fingerprint density at radius 3 is 2.29 bits per heavy atom. The molecule has 0 saturated carbocycles. The van der Waals surface area contributed by atoms with Gasteiger partial charge in [0.05, 0.1) is 27.0 Å². The van der Waals surface area contributed by atoms with Crippen molar-refractivity contribution in [3.63, 3.8) is 0 Å². The lowest BCUT2D eigenvalue weighted by atomic mass is 10.2. The average Bonchev–Trinajstić information content (AvgIpc) is 3.00. The SMILES string of the molecule is Cc1cc(C)n([C@H](C)C(=O)Nc2ccc(NS(=O)(=O)c3cc(F)cc(F)c3)cc2Cl)n1. The Balaban J connectivity index is 1.76. The highest BCUT2D eigenvalue weighted by molar-refractivity contribution is 7.92. The summed E-state index contributed by atoms with van der Waals surface area (Å²) in [5.74, 6) is -2.40. The first-order valence-electron chi connectivity index (χ1n) is 9.08. The van der Waals surface area contributed by atoms with Gasteiger partial charge in [0.25, 0.3) is 10.0 Å². The normalized spacial score (nSPS) is 12.5. The van der Waals surface area contributed by atoms with E-state index < -0.39 is 32.6 Å². The molecule has 0 fully saturated rings. The van der Waals surface area contributed by atoms with Gasteiger partial charge in [-0.25, -0.2) is 17.2 Å². The molecule has 0 radical (unpaired) electrons. The van der Waals surface area contributed by atoms with E-state index in [1.807, 2.05) is 19.9 Å². The van der Waals surface area contributed by atoms with Gasteiger partial charge in [-0.15, -0.1) is 0 Å². The molecule has 11 heteroatoms. The van der Waals surface area contributed by atoms with Crippen molar-refractivity contribution < 1.29 is 22.0 Å². The van der Waals surface area contributed by atoms with E-state index in [-0.39, 0.29) is 22.3 Å². The van der Waals surface area contributed by atoms with Gasteiger partial charge in [-0.1, -0.05) is 11.6 Å². The maximum atomic E-state index is 13.4. The molecule has 0 unspecified atom stereocenters. The standard InChI is InChI=1S/C20H19ClF2N4O3S/c1-11-6-12(2)27(25-11)13(3)20(28)24-19-5-4-16(10-18(19)21)26-31(29,30)17-8-14(22)7-15(23)9-17/h4-10,13,26H,1-3H3,(H,24,28)/t13-/m1/s1. The van der Waals surface area contributed by atoms with Crippen LogP contribution in [0.15, 0.2) is 47.4 Å². The van der Waals surface area contributed by atoms with Crippen molar-refractivity contribution >= 4 is 38.9 Å². The first-order chi connectivity index (χ1) is 14.5. The number of aryl methyl sites for hydroxylation is 2.